The highest BCUT2D eigenvalue weighted by atomic mass is 32.2. The van der Waals surface area contributed by atoms with Crippen LogP contribution in [0.4, 0.5) is 5.69 Å². The molecule has 11 heteroatoms. The number of benzene rings is 1. The molecule has 1 amide bonds. The Kier molecular flexibility index (Phi) is 4.40. The van der Waals surface area contributed by atoms with E-state index >= 15 is 0 Å². The molecule has 1 aliphatic heterocycles. The number of fused-ring (bicyclic) bond motifs is 1. The van der Waals surface area contributed by atoms with Crippen LogP contribution in [0, 0.1) is 10.1 Å². The predicted octanol–water partition coefficient (Wildman–Crippen LogP) is 1.28. The fourth-order valence-electron chi connectivity index (χ4n) is 1.75. The van der Waals surface area contributed by atoms with Crippen LogP contribution in [0.5, 0.6) is 0 Å². The van der Waals surface area contributed by atoms with Gasteiger partial charge in [-0.15, -0.1) is 0 Å². The van der Waals surface area contributed by atoms with Gasteiger partial charge in [-0.05, 0) is 6.07 Å². The van der Waals surface area contributed by atoms with Crippen LogP contribution in [-0.2, 0) is 10.0 Å². The zero-order chi connectivity index (χ0) is 16.7. The summed E-state index contributed by atoms with van der Waals surface area (Å²) in [4.78, 5) is 23.5. The summed E-state index contributed by atoms with van der Waals surface area (Å²) in [6.45, 7) is 0. The molecule has 22 heavy (non-hydrogen) atoms. The molecule has 8 nitrogen and oxygen atoms in total. The minimum Gasteiger partial charge on any atom is -0.364 e. The second-order valence-corrected chi connectivity index (χ2v) is 7.94. The molecule has 2 rings (SSSR count). The molecule has 0 aromatic heterocycles. The summed E-state index contributed by atoms with van der Waals surface area (Å²) in [6.07, 6.45) is 0. The summed E-state index contributed by atoms with van der Waals surface area (Å²) in [6, 6.07) is 3.16. The first-order valence-corrected chi connectivity index (χ1v) is 8.69. The topological polar surface area (TPSA) is 101 Å². The highest BCUT2D eigenvalue weighted by Gasteiger charge is 2.42. The van der Waals surface area contributed by atoms with Crippen molar-refractivity contribution in [1.29, 1.82) is 0 Å². The van der Waals surface area contributed by atoms with Gasteiger partial charge < -0.3 is 4.90 Å². The monoisotopic (exact) mass is 361 g/mol. The van der Waals surface area contributed by atoms with E-state index in [0.717, 1.165) is 30.0 Å². The smallest absolute Gasteiger partial charge is 0.270 e. The first-order chi connectivity index (χ1) is 10.2. The average Bonchev–Trinajstić information content (AvgIpc) is 2.63. The normalized spacial score (nSPS) is 15.5. The minimum atomic E-state index is -4.09. The maximum absolute atomic E-state index is 12.4. The van der Waals surface area contributed by atoms with Crippen molar-refractivity contribution in [3.63, 3.8) is 0 Å². The highest BCUT2D eigenvalue weighted by molar-refractivity contribution is 8.23. The number of hydrogen-bond acceptors (Lipinski definition) is 7. The van der Waals surface area contributed by atoms with E-state index in [0.29, 0.717) is 8.63 Å². The maximum Gasteiger partial charge on any atom is 0.270 e. The second kappa shape index (κ2) is 5.82. The number of nitro benzene ring substituents is 1. The van der Waals surface area contributed by atoms with Gasteiger partial charge in [0.05, 0.1) is 16.4 Å². The molecular formula is C11H11N3O5S3. The third-order valence-electron chi connectivity index (χ3n) is 2.87. The Morgan fingerprint density at radius 3 is 2.64 bits per heavy atom. The van der Waals surface area contributed by atoms with E-state index in [1.54, 1.807) is 19.0 Å². The van der Waals surface area contributed by atoms with Crippen molar-refractivity contribution in [3.05, 3.63) is 33.9 Å². The molecule has 0 spiro atoms. The zero-order valence-corrected chi connectivity index (χ0v) is 14.0. The quantitative estimate of drug-likeness (QED) is 0.451. The Labute approximate surface area is 136 Å². The number of carbonyl (C=O) groups is 1. The Balaban J connectivity index is 2.36. The molecule has 0 unspecified atom stereocenters. The lowest BCUT2D eigenvalue weighted by atomic mass is 10.2. The fourth-order valence-corrected chi connectivity index (χ4v) is 4.48. The number of nitro groups is 1. The van der Waals surface area contributed by atoms with E-state index in [-0.39, 0.29) is 22.0 Å². The van der Waals surface area contributed by atoms with E-state index in [1.807, 2.05) is 0 Å². The van der Waals surface area contributed by atoms with E-state index in [2.05, 4.69) is 0 Å². The number of nitrogens with zero attached hydrogens (tertiary/aromatic N) is 3. The van der Waals surface area contributed by atoms with Gasteiger partial charge in [0.15, 0.2) is 0 Å². The minimum absolute atomic E-state index is 0.0676. The summed E-state index contributed by atoms with van der Waals surface area (Å²) < 4.78 is 25.8. The Hall–Kier alpha value is -1.72. The van der Waals surface area contributed by atoms with Crippen LogP contribution in [0.15, 0.2) is 23.1 Å². The summed E-state index contributed by atoms with van der Waals surface area (Å²) in [5, 5.41) is 10.8. The Morgan fingerprint density at radius 1 is 1.45 bits per heavy atom. The standard InChI is InChI=1S/C11H11N3O5S3/c1-12(2)11(20)21-6-13-10(15)8-4-3-7(14(16)17)5-9(8)22(13,18)19/h3-5H,6H2,1-2H3. The number of non-ortho nitro benzene ring substituents is 1. The maximum atomic E-state index is 12.4. The van der Waals surface area contributed by atoms with Crippen molar-refractivity contribution in [2.24, 2.45) is 0 Å². The van der Waals surface area contributed by atoms with Crippen molar-refractivity contribution < 1.29 is 18.1 Å². The first-order valence-electron chi connectivity index (χ1n) is 5.86. The van der Waals surface area contributed by atoms with Gasteiger partial charge in [0.2, 0.25) is 0 Å². The van der Waals surface area contributed by atoms with E-state index in [4.69, 9.17) is 12.2 Å². The van der Waals surface area contributed by atoms with Gasteiger partial charge >= 0.3 is 0 Å². The van der Waals surface area contributed by atoms with Gasteiger partial charge in [0.1, 0.15) is 9.22 Å². The van der Waals surface area contributed by atoms with Crippen LogP contribution in [0.25, 0.3) is 0 Å². The summed E-state index contributed by atoms with van der Waals surface area (Å²) in [5.41, 5.74) is -0.449. The molecule has 0 aliphatic carbocycles. The molecule has 0 fully saturated rings. The number of thiocarbonyl (C=S) groups is 1. The molecule has 0 bridgehead atoms. The number of hydrogen-bond donors (Lipinski definition) is 0. The van der Waals surface area contributed by atoms with Crippen molar-refractivity contribution in [3.8, 4) is 0 Å². The largest absolute Gasteiger partial charge is 0.364 e. The van der Waals surface area contributed by atoms with Gasteiger partial charge in [-0.25, -0.2) is 12.7 Å². The molecular weight excluding hydrogens is 350 g/mol. The number of thioether (sulfide) groups is 1. The first kappa shape index (κ1) is 16.6. The molecule has 0 N–H and O–H groups in total. The molecule has 0 radical (unpaired) electrons. The molecule has 0 saturated carbocycles. The number of sulfonamides is 1. The molecule has 1 aliphatic rings. The fraction of sp³-hybridized carbons (Fsp3) is 0.273. The molecule has 1 aromatic rings. The lowest BCUT2D eigenvalue weighted by molar-refractivity contribution is -0.385. The summed E-state index contributed by atoms with van der Waals surface area (Å²) in [7, 11) is -0.688. The zero-order valence-electron chi connectivity index (χ0n) is 11.5. The molecule has 1 aromatic carbocycles. The Bertz CT molecular complexity index is 775. The SMILES string of the molecule is CN(C)C(=S)SCN1C(=O)c2ccc([N+](=O)[O-])cc2S1(=O)=O. The Morgan fingerprint density at radius 2 is 2.09 bits per heavy atom. The van der Waals surface area contributed by atoms with Crippen LogP contribution < -0.4 is 0 Å². The van der Waals surface area contributed by atoms with Crippen molar-refractivity contribution in [2.45, 2.75) is 4.90 Å². The van der Waals surface area contributed by atoms with Gasteiger partial charge in [-0.1, -0.05) is 24.0 Å². The van der Waals surface area contributed by atoms with Gasteiger partial charge in [0.25, 0.3) is 21.6 Å². The molecule has 0 saturated heterocycles. The second-order valence-electron chi connectivity index (χ2n) is 4.53. The molecule has 1 heterocycles. The van der Waals surface area contributed by atoms with Gasteiger partial charge in [-0.2, -0.15) is 0 Å². The summed E-state index contributed by atoms with van der Waals surface area (Å²) in [5.74, 6) is -0.889. The third-order valence-corrected chi connectivity index (χ3v) is 6.52. The molecule has 118 valence electrons. The van der Waals surface area contributed by atoms with Crippen molar-refractivity contribution >= 4 is 49.9 Å². The lowest BCUT2D eigenvalue weighted by Crippen LogP contribution is -2.31. The van der Waals surface area contributed by atoms with Gasteiger partial charge in [-0.3, -0.25) is 14.9 Å². The van der Waals surface area contributed by atoms with Crippen LogP contribution in [-0.4, -0.2) is 52.7 Å². The van der Waals surface area contributed by atoms with Crippen LogP contribution in [0.2, 0.25) is 0 Å². The highest BCUT2D eigenvalue weighted by Crippen LogP contribution is 2.34. The third kappa shape index (κ3) is 2.78. The van der Waals surface area contributed by atoms with E-state index in [9.17, 15) is 23.3 Å². The lowest BCUT2D eigenvalue weighted by Gasteiger charge is -2.17. The number of rotatable bonds is 3. The summed E-state index contributed by atoms with van der Waals surface area (Å²) >= 11 is 6.05. The average molecular weight is 361 g/mol. The van der Waals surface area contributed by atoms with Crippen molar-refractivity contribution in [1.82, 2.24) is 9.21 Å². The van der Waals surface area contributed by atoms with Crippen molar-refractivity contribution in [2.75, 3.05) is 20.0 Å². The van der Waals surface area contributed by atoms with Crippen LogP contribution in [0.3, 0.4) is 0 Å². The molecule has 0 atom stereocenters. The number of amides is 1. The van der Waals surface area contributed by atoms with Crippen LogP contribution >= 0.6 is 24.0 Å². The van der Waals surface area contributed by atoms with Gasteiger partial charge in [0, 0.05) is 26.2 Å². The predicted molar refractivity (Wildman–Crippen MR) is 85.2 cm³/mol. The van der Waals surface area contributed by atoms with Crippen LogP contribution in [0.1, 0.15) is 10.4 Å². The van der Waals surface area contributed by atoms with E-state index < -0.39 is 20.9 Å². The van der Waals surface area contributed by atoms with E-state index in [1.165, 1.54) is 0 Å². The number of carbonyl (C=O) groups excluding carboxylic acids is 1.